The van der Waals surface area contributed by atoms with Crippen LogP contribution in [0.1, 0.15) is 36.8 Å². The molecule has 0 radical (unpaired) electrons. The number of nitrogens with one attached hydrogen (secondary N) is 2. The molecule has 0 atom stereocenters. The van der Waals surface area contributed by atoms with Crippen LogP contribution in [0.15, 0.2) is 91.3 Å². The molecule has 0 aliphatic heterocycles. The molecule has 1 aliphatic rings. The minimum absolute atomic E-state index is 0.0665. The van der Waals surface area contributed by atoms with Gasteiger partial charge < -0.3 is 16.4 Å². The van der Waals surface area contributed by atoms with E-state index in [2.05, 4.69) is 26.7 Å². The van der Waals surface area contributed by atoms with Crippen molar-refractivity contribution in [2.45, 2.75) is 44.3 Å². The van der Waals surface area contributed by atoms with Crippen LogP contribution in [0.5, 0.6) is 0 Å². The van der Waals surface area contributed by atoms with Gasteiger partial charge in [0.15, 0.2) is 0 Å². The Hall–Kier alpha value is -4.90. The van der Waals surface area contributed by atoms with E-state index in [0.717, 1.165) is 53.9 Å². The van der Waals surface area contributed by atoms with Gasteiger partial charge in [-0.2, -0.15) is 5.26 Å². The largest absolute Gasteiger partial charge is 0.384 e. The summed E-state index contributed by atoms with van der Waals surface area (Å²) in [4.78, 5) is 24.0. The Morgan fingerprint density at radius 1 is 0.897 bits per heavy atom. The zero-order valence-electron chi connectivity index (χ0n) is 21.6. The van der Waals surface area contributed by atoms with Crippen LogP contribution < -0.4 is 21.3 Å². The minimum atomic E-state index is -0.106. The molecule has 1 saturated carbocycles. The van der Waals surface area contributed by atoms with Gasteiger partial charge in [-0.25, -0.2) is 14.8 Å². The summed E-state index contributed by atoms with van der Waals surface area (Å²) in [6.07, 6.45) is 6.86. The molecule has 0 bridgehead atoms. The van der Waals surface area contributed by atoms with E-state index in [1.54, 1.807) is 24.5 Å². The van der Waals surface area contributed by atoms with Crippen molar-refractivity contribution in [3.63, 3.8) is 0 Å². The SMILES string of the molecule is N#Cc1ccc(N[C@H]2CC[C@H](N(C(=O)NCc3ccccc3)c3ccc(-c4ccc(N)nc4)cc3)CC2)nc1. The monoisotopic (exact) mass is 517 g/mol. The van der Waals surface area contributed by atoms with Crippen molar-refractivity contribution in [2.24, 2.45) is 0 Å². The van der Waals surface area contributed by atoms with Gasteiger partial charge in [0.1, 0.15) is 17.7 Å². The van der Waals surface area contributed by atoms with Crippen molar-refractivity contribution in [1.29, 1.82) is 5.26 Å². The van der Waals surface area contributed by atoms with Gasteiger partial charge in [-0.05, 0) is 73.2 Å². The lowest BCUT2D eigenvalue weighted by Gasteiger charge is -2.37. The van der Waals surface area contributed by atoms with Crippen molar-refractivity contribution in [1.82, 2.24) is 15.3 Å². The number of nitrogen functional groups attached to an aromatic ring is 1. The molecule has 0 saturated heterocycles. The number of carbonyl (C=O) groups excluding carboxylic acids is 1. The molecule has 4 aromatic rings. The van der Waals surface area contributed by atoms with E-state index in [1.165, 1.54) is 0 Å². The van der Waals surface area contributed by atoms with Crippen molar-refractivity contribution in [3.8, 4) is 17.2 Å². The summed E-state index contributed by atoms with van der Waals surface area (Å²) < 4.78 is 0. The Labute approximate surface area is 228 Å². The molecule has 196 valence electrons. The Morgan fingerprint density at radius 2 is 1.64 bits per heavy atom. The Morgan fingerprint density at radius 3 is 2.28 bits per heavy atom. The Kier molecular flexibility index (Phi) is 7.98. The van der Waals surface area contributed by atoms with E-state index in [1.807, 2.05) is 71.6 Å². The lowest BCUT2D eigenvalue weighted by molar-refractivity contribution is 0.240. The summed E-state index contributed by atoms with van der Waals surface area (Å²) >= 11 is 0. The van der Waals surface area contributed by atoms with Gasteiger partial charge in [-0.1, -0.05) is 42.5 Å². The number of nitriles is 1. The van der Waals surface area contributed by atoms with Crippen LogP contribution in [0.2, 0.25) is 0 Å². The molecular weight excluding hydrogens is 486 g/mol. The number of hydrogen-bond donors (Lipinski definition) is 3. The van der Waals surface area contributed by atoms with Gasteiger partial charge >= 0.3 is 6.03 Å². The average molecular weight is 518 g/mol. The third-order valence-corrected chi connectivity index (χ3v) is 7.08. The van der Waals surface area contributed by atoms with Gasteiger partial charge in [0.05, 0.1) is 5.56 Å². The highest BCUT2D eigenvalue weighted by molar-refractivity contribution is 5.93. The Bertz CT molecular complexity index is 1410. The lowest BCUT2D eigenvalue weighted by Crippen LogP contribution is -2.48. The highest BCUT2D eigenvalue weighted by Crippen LogP contribution is 2.31. The second-order valence-corrected chi connectivity index (χ2v) is 9.73. The zero-order valence-corrected chi connectivity index (χ0v) is 21.6. The quantitative estimate of drug-likeness (QED) is 0.288. The molecule has 0 unspecified atom stereocenters. The molecule has 2 aromatic heterocycles. The highest BCUT2D eigenvalue weighted by Gasteiger charge is 2.30. The van der Waals surface area contributed by atoms with Gasteiger partial charge in [0.25, 0.3) is 0 Å². The summed E-state index contributed by atoms with van der Waals surface area (Å²) in [5, 5.41) is 15.6. The number of urea groups is 1. The molecule has 39 heavy (non-hydrogen) atoms. The normalized spacial score (nSPS) is 16.6. The van der Waals surface area contributed by atoms with E-state index >= 15 is 0 Å². The summed E-state index contributed by atoms with van der Waals surface area (Å²) in [5.41, 5.74) is 10.2. The van der Waals surface area contributed by atoms with Crippen LogP contribution in [-0.4, -0.2) is 28.1 Å². The fourth-order valence-corrected chi connectivity index (χ4v) is 4.98. The first-order chi connectivity index (χ1) is 19.1. The van der Waals surface area contributed by atoms with Crippen LogP contribution in [-0.2, 0) is 6.54 Å². The first-order valence-corrected chi connectivity index (χ1v) is 13.1. The molecule has 8 nitrogen and oxygen atoms in total. The number of pyridine rings is 2. The van der Waals surface area contributed by atoms with Crippen LogP contribution in [0.4, 0.5) is 22.1 Å². The van der Waals surface area contributed by atoms with Crippen LogP contribution in [0.3, 0.4) is 0 Å². The molecule has 1 aliphatic carbocycles. The third kappa shape index (κ3) is 6.51. The smallest absolute Gasteiger partial charge is 0.322 e. The maximum Gasteiger partial charge on any atom is 0.322 e. The van der Waals surface area contributed by atoms with E-state index in [-0.39, 0.29) is 18.1 Å². The Balaban J connectivity index is 1.30. The number of anilines is 3. The molecule has 2 aromatic carbocycles. The van der Waals surface area contributed by atoms with Crippen molar-refractivity contribution < 1.29 is 4.79 Å². The third-order valence-electron chi connectivity index (χ3n) is 7.08. The van der Waals surface area contributed by atoms with E-state index in [9.17, 15) is 4.79 Å². The summed E-state index contributed by atoms with van der Waals surface area (Å²) in [6, 6.07) is 27.6. The predicted octanol–water partition coefficient (Wildman–Crippen LogP) is 5.74. The van der Waals surface area contributed by atoms with Crippen molar-refractivity contribution in [2.75, 3.05) is 16.0 Å². The average Bonchev–Trinajstić information content (AvgIpc) is 2.99. The van der Waals surface area contributed by atoms with E-state index in [0.29, 0.717) is 17.9 Å². The van der Waals surface area contributed by atoms with Crippen molar-refractivity contribution >= 4 is 23.4 Å². The maximum atomic E-state index is 13.6. The molecule has 2 amide bonds. The fourth-order valence-electron chi connectivity index (χ4n) is 4.98. The van der Waals surface area contributed by atoms with Crippen LogP contribution in [0, 0.1) is 11.3 Å². The number of carbonyl (C=O) groups is 1. The maximum absolute atomic E-state index is 13.6. The number of amides is 2. The van der Waals surface area contributed by atoms with E-state index in [4.69, 9.17) is 11.0 Å². The molecular formula is C31H31N7O. The van der Waals surface area contributed by atoms with Crippen LogP contribution >= 0.6 is 0 Å². The number of aromatic nitrogens is 2. The zero-order chi connectivity index (χ0) is 27.0. The number of nitrogens with zero attached hydrogens (tertiary/aromatic N) is 4. The number of hydrogen-bond acceptors (Lipinski definition) is 6. The van der Waals surface area contributed by atoms with Gasteiger partial charge in [-0.3, -0.25) is 4.90 Å². The standard InChI is InChI=1S/C31H31N7O/c32-18-23-6-17-30(35-20-23)37-26-10-14-28(15-11-26)38(31(39)36-19-22-4-2-1-3-5-22)27-12-7-24(8-13-27)25-9-16-29(33)34-21-25/h1-9,12-13,16-17,20-21,26,28H,10-11,14-15,19H2,(H2,33,34)(H,35,37)(H,36,39)/t26-,28-. The number of rotatable bonds is 7. The highest BCUT2D eigenvalue weighted by atomic mass is 16.2. The van der Waals surface area contributed by atoms with Gasteiger partial charge in [0, 0.05) is 42.3 Å². The molecule has 4 N–H and O–H groups in total. The summed E-state index contributed by atoms with van der Waals surface area (Å²) in [5.74, 6) is 1.25. The first-order valence-electron chi connectivity index (χ1n) is 13.1. The van der Waals surface area contributed by atoms with Gasteiger partial charge in [0.2, 0.25) is 0 Å². The first kappa shape index (κ1) is 25.7. The predicted molar refractivity (Wildman–Crippen MR) is 154 cm³/mol. The topological polar surface area (TPSA) is 120 Å². The molecule has 8 heteroatoms. The number of nitrogens with two attached hydrogens (primary N) is 1. The molecule has 2 heterocycles. The van der Waals surface area contributed by atoms with Crippen LogP contribution in [0.25, 0.3) is 11.1 Å². The van der Waals surface area contributed by atoms with Gasteiger partial charge in [-0.15, -0.1) is 0 Å². The fraction of sp³-hybridized carbons (Fsp3) is 0.226. The molecule has 1 fully saturated rings. The minimum Gasteiger partial charge on any atom is -0.384 e. The second-order valence-electron chi connectivity index (χ2n) is 9.73. The van der Waals surface area contributed by atoms with Crippen molar-refractivity contribution in [3.05, 3.63) is 102 Å². The lowest BCUT2D eigenvalue weighted by atomic mass is 9.89. The second kappa shape index (κ2) is 12.1. The molecule has 5 rings (SSSR count). The summed E-state index contributed by atoms with van der Waals surface area (Å²) in [6.45, 7) is 0.465. The molecule has 0 spiro atoms. The van der Waals surface area contributed by atoms with E-state index < -0.39 is 0 Å². The summed E-state index contributed by atoms with van der Waals surface area (Å²) in [7, 11) is 0. The number of benzene rings is 2.